The van der Waals surface area contributed by atoms with Gasteiger partial charge in [0.25, 0.3) is 5.91 Å². The number of fused-ring (bicyclic) bond motifs is 1. The van der Waals surface area contributed by atoms with Crippen LogP contribution in [0.2, 0.25) is 0 Å². The summed E-state index contributed by atoms with van der Waals surface area (Å²) in [5.74, 6) is 0.881. The van der Waals surface area contributed by atoms with E-state index in [2.05, 4.69) is 15.6 Å². The molecule has 1 aliphatic rings. The number of anilines is 1. The lowest BCUT2D eigenvalue weighted by molar-refractivity contribution is -0.132. The fourth-order valence-electron chi connectivity index (χ4n) is 2.48. The molecule has 0 radical (unpaired) electrons. The Morgan fingerprint density at radius 2 is 2.04 bits per heavy atom. The van der Waals surface area contributed by atoms with Crippen LogP contribution in [0, 0.1) is 0 Å². The van der Waals surface area contributed by atoms with Gasteiger partial charge in [-0.25, -0.2) is 0 Å². The van der Waals surface area contributed by atoms with Gasteiger partial charge >= 0.3 is 6.18 Å². The molecule has 0 spiro atoms. The van der Waals surface area contributed by atoms with Crippen molar-refractivity contribution in [3.63, 3.8) is 0 Å². The minimum atomic E-state index is -4.20. The molecule has 27 heavy (non-hydrogen) atoms. The summed E-state index contributed by atoms with van der Waals surface area (Å²) in [7, 11) is 0. The third kappa shape index (κ3) is 7.81. The molecule has 1 aliphatic heterocycles. The summed E-state index contributed by atoms with van der Waals surface area (Å²) < 4.78 is 42.0. The van der Waals surface area contributed by atoms with E-state index in [1.807, 2.05) is 25.1 Å². The SMILES string of the molecule is CCNC(=NCCCN1C(=O)COc2ccccc21)NCCC(F)(F)F.I. The quantitative estimate of drug-likeness (QED) is 0.262. The van der Waals surface area contributed by atoms with E-state index < -0.39 is 12.6 Å². The topological polar surface area (TPSA) is 66.0 Å². The van der Waals surface area contributed by atoms with Crippen LogP contribution in [0.5, 0.6) is 5.75 Å². The van der Waals surface area contributed by atoms with Crippen molar-refractivity contribution < 1.29 is 22.7 Å². The molecule has 152 valence electrons. The van der Waals surface area contributed by atoms with Gasteiger partial charge in [-0.1, -0.05) is 12.1 Å². The molecule has 0 atom stereocenters. The Labute approximate surface area is 173 Å². The molecule has 1 aromatic carbocycles. The molecule has 0 fully saturated rings. The maximum absolute atomic E-state index is 12.2. The lowest BCUT2D eigenvalue weighted by Crippen LogP contribution is -2.40. The van der Waals surface area contributed by atoms with Gasteiger partial charge in [-0.15, -0.1) is 24.0 Å². The second-order valence-corrected chi connectivity index (χ2v) is 5.71. The van der Waals surface area contributed by atoms with Crippen molar-refractivity contribution in [2.24, 2.45) is 4.99 Å². The summed E-state index contributed by atoms with van der Waals surface area (Å²) in [5, 5.41) is 5.56. The van der Waals surface area contributed by atoms with Gasteiger partial charge in [0.15, 0.2) is 12.6 Å². The number of para-hydroxylation sites is 2. The van der Waals surface area contributed by atoms with Gasteiger partial charge in [0.2, 0.25) is 0 Å². The van der Waals surface area contributed by atoms with Crippen LogP contribution in [-0.2, 0) is 4.79 Å². The monoisotopic (exact) mass is 500 g/mol. The van der Waals surface area contributed by atoms with E-state index in [0.29, 0.717) is 37.8 Å². The zero-order valence-electron chi connectivity index (χ0n) is 15.0. The second kappa shape index (κ2) is 11.2. The van der Waals surface area contributed by atoms with E-state index in [-0.39, 0.29) is 43.0 Å². The predicted molar refractivity (Wildman–Crippen MR) is 109 cm³/mol. The van der Waals surface area contributed by atoms with Crippen LogP contribution in [0.3, 0.4) is 0 Å². The summed E-state index contributed by atoms with van der Waals surface area (Å²) in [4.78, 5) is 18.0. The molecule has 0 aromatic heterocycles. The number of amides is 1. The summed E-state index contributed by atoms with van der Waals surface area (Å²) in [5.41, 5.74) is 0.725. The summed E-state index contributed by atoms with van der Waals surface area (Å²) in [6.07, 6.45) is -4.54. The number of guanidine groups is 1. The first-order chi connectivity index (χ1) is 12.4. The van der Waals surface area contributed by atoms with E-state index in [1.54, 1.807) is 11.0 Å². The van der Waals surface area contributed by atoms with Crippen molar-refractivity contribution in [3.8, 4) is 5.75 Å². The van der Waals surface area contributed by atoms with Crippen LogP contribution in [0.1, 0.15) is 19.8 Å². The molecule has 2 N–H and O–H groups in total. The Bertz CT molecular complexity index is 641. The molecule has 0 bridgehead atoms. The van der Waals surface area contributed by atoms with Crippen LogP contribution in [0.15, 0.2) is 29.3 Å². The van der Waals surface area contributed by atoms with Crippen LogP contribution >= 0.6 is 24.0 Å². The molecule has 0 saturated carbocycles. The zero-order valence-corrected chi connectivity index (χ0v) is 17.3. The van der Waals surface area contributed by atoms with E-state index in [4.69, 9.17) is 4.74 Å². The molecular formula is C17H24F3IN4O2. The summed E-state index contributed by atoms with van der Waals surface area (Å²) >= 11 is 0. The third-order valence-electron chi connectivity index (χ3n) is 3.66. The Kier molecular flexibility index (Phi) is 9.67. The average molecular weight is 500 g/mol. The van der Waals surface area contributed by atoms with Gasteiger partial charge in [-0.3, -0.25) is 9.79 Å². The number of hydrogen-bond acceptors (Lipinski definition) is 3. The van der Waals surface area contributed by atoms with E-state index in [0.717, 1.165) is 5.69 Å². The predicted octanol–water partition coefficient (Wildman–Crippen LogP) is 2.93. The number of ether oxygens (including phenoxy) is 1. The lowest BCUT2D eigenvalue weighted by Gasteiger charge is -2.29. The van der Waals surface area contributed by atoms with Gasteiger partial charge in [-0.2, -0.15) is 13.2 Å². The zero-order chi connectivity index (χ0) is 19.0. The van der Waals surface area contributed by atoms with E-state index in [1.165, 1.54) is 0 Å². The van der Waals surface area contributed by atoms with Crippen molar-refractivity contribution in [1.82, 2.24) is 10.6 Å². The number of rotatable bonds is 7. The van der Waals surface area contributed by atoms with Crippen LogP contribution in [-0.4, -0.2) is 50.8 Å². The van der Waals surface area contributed by atoms with Crippen molar-refractivity contribution >= 4 is 41.5 Å². The number of halogens is 4. The largest absolute Gasteiger partial charge is 0.482 e. The first-order valence-corrected chi connectivity index (χ1v) is 8.52. The van der Waals surface area contributed by atoms with Gasteiger partial charge in [0, 0.05) is 26.2 Å². The van der Waals surface area contributed by atoms with Crippen molar-refractivity contribution in [2.75, 3.05) is 37.7 Å². The summed E-state index contributed by atoms with van der Waals surface area (Å²) in [6, 6.07) is 7.30. The normalized spacial score (nSPS) is 14.1. The van der Waals surface area contributed by atoms with E-state index in [9.17, 15) is 18.0 Å². The maximum Gasteiger partial charge on any atom is 0.390 e. The van der Waals surface area contributed by atoms with Gasteiger partial charge in [-0.05, 0) is 25.5 Å². The first-order valence-electron chi connectivity index (χ1n) is 8.52. The number of nitrogens with zero attached hydrogens (tertiary/aromatic N) is 2. The minimum Gasteiger partial charge on any atom is -0.482 e. The minimum absolute atomic E-state index is 0. The standard InChI is InChI=1S/C17H23F3N4O2.HI/c1-2-21-16(23-10-8-17(18,19)20)22-9-5-11-24-13-6-3-4-7-14(13)26-12-15(24)25;/h3-4,6-7H,2,5,8-12H2,1H3,(H2,21,22,23);1H. The fourth-order valence-corrected chi connectivity index (χ4v) is 2.48. The third-order valence-corrected chi connectivity index (χ3v) is 3.66. The highest BCUT2D eigenvalue weighted by atomic mass is 127. The van der Waals surface area contributed by atoms with Crippen LogP contribution in [0.25, 0.3) is 0 Å². The van der Waals surface area contributed by atoms with Crippen molar-refractivity contribution in [3.05, 3.63) is 24.3 Å². The van der Waals surface area contributed by atoms with Crippen LogP contribution < -0.4 is 20.3 Å². The Balaban J connectivity index is 0.00000364. The van der Waals surface area contributed by atoms with Crippen LogP contribution in [0.4, 0.5) is 18.9 Å². The number of alkyl halides is 3. The number of hydrogen-bond donors (Lipinski definition) is 2. The van der Waals surface area contributed by atoms with Gasteiger partial charge in [0.05, 0.1) is 12.1 Å². The first kappa shape index (κ1) is 23.3. The molecule has 1 heterocycles. The maximum atomic E-state index is 12.2. The summed E-state index contributed by atoms with van der Waals surface area (Å²) in [6.45, 7) is 3.00. The van der Waals surface area contributed by atoms with E-state index >= 15 is 0 Å². The lowest BCUT2D eigenvalue weighted by atomic mass is 10.2. The molecular weight excluding hydrogens is 476 g/mol. The van der Waals surface area contributed by atoms with Crippen molar-refractivity contribution in [1.29, 1.82) is 0 Å². The molecule has 6 nitrogen and oxygen atoms in total. The molecule has 0 saturated heterocycles. The fraction of sp³-hybridized carbons (Fsp3) is 0.529. The molecule has 10 heteroatoms. The number of benzene rings is 1. The van der Waals surface area contributed by atoms with Gasteiger partial charge in [0.1, 0.15) is 5.75 Å². The highest BCUT2D eigenvalue weighted by Gasteiger charge is 2.26. The second-order valence-electron chi connectivity index (χ2n) is 5.71. The highest BCUT2D eigenvalue weighted by molar-refractivity contribution is 14.0. The number of carbonyl (C=O) groups is 1. The van der Waals surface area contributed by atoms with Crippen molar-refractivity contribution in [2.45, 2.75) is 25.9 Å². The molecule has 1 amide bonds. The molecule has 0 aliphatic carbocycles. The average Bonchev–Trinajstić information content (AvgIpc) is 2.59. The Morgan fingerprint density at radius 3 is 2.74 bits per heavy atom. The Morgan fingerprint density at radius 1 is 1.30 bits per heavy atom. The Hall–Kier alpha value is -1.72. The number of aliphatic imine (C=N–C) groups is 1. The molecule has 0 unspecified atom stereocenters. The highest BCUT2D eigenvalue weighted by Crippen LogP contribution is 2.31. The number of carbonyl (C=O) groups excluding carboxylic acids is 1. The smallest absolute Gasteiger partial charge is 0.390 e. The molecule has 1 aromatic rings. The number of nitrogens with one attached hydrogen (secondary N) is 2. The molecule has 2 rings (SSSR count). The van der Waals surface area contributed by atoms with Gasteiger partial charge < -0.3 is 20.3 Å².